The average Bonchev–Trinajstić information content (AvgIpc) is 3.25. The highest BCUT2D eigenvalue weighted by atomic mass is 28.5. The molecule has 0 aromatic heterocycles. The van der Waals surface area contributed by atoms with E-state index in [1.807, 2.05) is 39.3 Å². The highest BCUT2D eigenvalue weighted by molar-refractivity contribution is 6.87. The van der Waals surface area contributed by atoms with Crippen molar-refractivity contribution in [3.63, 3.8) is 0 Å². The van der Waals surface area contributed by atoms with Crippen LogP contribution >= 0.6 is 0 Å². The Morgan fingerprint density at radius 1 is 0.456 bits per heavy atom. The molecular formula is C39H76N2O24Si3. The van der Waals surface area contributed by atoms with Crippen LogP contribution in [-0.4, -0.2) is 281 Å². The fourth-order valence-corrected chi connectivity index (χ4v) is 22.9. The lowest BCUT2D eigenvalue weighted by Gasteiger charge is -2.48. The summed E-state index contributed by atoms with van der Waals surface area (Å²) >= 11 is 0. The molecule has 0 aromatic carbocycles. The van der Waals surface area contributed by atoms with E-state index in [1.54, 1.807) is 0 Å². The van der Waals surface area contributed by atoms with Crippen LogP contribution in [0, 0.1) is 0 Å². The minimum absolute atomic E-state index is 0.00683. The maximum absolute atomic E-state index is 13.0. The largest absolute Gasteiger partial charge is 0.437 e. The first kappa shape index (κ1) is 59.3. The molecule has 4 heterocycles. The normalized spacial score (nSPS) is 39.7. The first-order valence-corrected chi connectivity index (χ1v) is 31.7. The standard InChI is InChI=1S/C39H76N2O24Si3/c1-18(46)40(36-30(54)28(52)34(22(16-44)58-36)62-38-32(56)26(50)24(48)20(14-42)60-38)10-9-12-66(3,4)64-68(7,8)65-67(5,6)13-11-41(19(2)47)37-31(55)29(53)35(23(17-45)59-37)63-39-33(57)27(51)25(49)21(15-43)61-39/h20-39,42-45,48-57H,9-17H2,1-8H3/t20?,21?,22?,23-,24-,25+,26?,27+,28?,29?,30?,31?,32+,33?,34+,35-,36-,37+,38-,39+/m1/s1. The summed E-state index contributed by atoms with van der Waals surface area (Å²) < 4.78 is 47.3. The van der Waals surface area contributed by atoms with E-state index in [9.17, 15) is 81.1 Å². The second-order valence-electron chi connectivity index (χ2n) is 19.5. The SMILES string of the molecule is CC(=O)N(CCC[Si](C)(C)O[Si](C)(C)O[Si](C)(C)CCN(C(C)=O)[C@H]1O[C@H](CO)[C@@H](O[C@@H]2OC(CO)[C@H](O)[C@H](O)C2O)C(O)C1O)[C@@H]1OC(CO)[C@H](O[C@H]2OC(CO)[C@@H](O)C(O)[C@@H]2O)C(O)C1O. The predicted octanol–water partition coefficient (Wildman–Crippen LogP) is -6.53. The Kier molecular flexibility index (Phi) is 21.5. The van der Waals surface area contributed by atoms with Crippen molar-refractivity contribution in [3.05, 3.63) is 0 Å². The van der Waals surface area contributed by atoms with Crippen LogP contribution in [0.5, 0.6) is 0 Å². The highest BCUT2D eigenvalue weighted by Gasteiger charge is 2.54. The summed E-state index contributed by atoms with van der Waals surface area (Å²) in [6.45, 7) is 11.0. The molecule has 0 saturated carbocycles. The van der Waals surface area contributed by atoms with Crippen molar-refractivity contribution < 1.29 is 118 Å². The van der Waals surface area contributed by atoms with Crippen LogP contribution in [0.15, 0.2) is 0 Å². The minimum Gasteiger partial charge on any atom is -0.437 e. The smallest absolute Gasteiger partial charge is 0.311 e. The lowest BCUT2D eigenvalue weighted by atomic mass is 9.96. The van der Waals surface area contributed by atoms with Crippen LogP contribution in [-0.2, 0) is 46.2 Å². The number of rotatable bonds is 21. The molecule has 20 atom stereocenters. The number of carbonyl (C=O) groups excluding carboxylic acids is 2. The third kappa shape index (κ3) is 14.3. The Balaban J connectivity index is 1.33. The number of aliphatic hydroxyl groups is 14. The summed E-state index contributed by atoms with van der Waals surface area (Å²) in [6.07, 6.45) is -32.4. The van der Waals surface area contributed by atoms with Crippen LogP contribution in [0.2, 0.25) is 51.4 Å². The van der Waals surface area contributed by atoms with Crippen molar-refractivity contribution in [2.24, 2.45) is 0 Å². The zero-order valence-electron chi connectivity index (χ0n) is 39.6. The van der Waals surface area contributed by atoms with Gasteiger partial charge in [-0.1, -0.05) is 0 Å². The van der Waals surface area contributed by atoms with Crippen molar-refractivity contribution in [2.45, 2.75) is 194 Å². The lowest BCUT2D eigenvalue weighted by Crippen LogP contribution is -2.67. The van der Waals surface area contributed by atoms with Gasteiger partial charge in [-0.25, -0.2) is 0 Å². The fourth-order valence-electron chi connectivity index (χ4n) is 9.10. The van der Waals surface area contributed by atoms with Crippen LogP contribution in [0.3, 0.4) is 0 Å². The number of nitrogens with zero attached hydrogens (tertiary/aromatic N) is 2. The number of amides is 2. The van der Waals surface area contributed by atoms with Gasteiger partial charge in [0.15, 0.2) is 41.7 Å². The Bertz CT molecular complexity index is 1600. The molecule has 0 radical (unpaired) electrons. The second-order valence-corrected chi connectivity index (χ2v) is 31.9. The first-order chi connectivity index (χ1) is 31.5. The predicted molar refractivity (Wildman–Crippen MR) is 236 cm³/mol. The van der Waals surface area contributed by atoms with E-state index in [0.29, 0.717) is 18.5 Å². The molecule has 14 N–H and O–H groups in total. The molecule has 68 heavy (non-hydrogen) atoms. The molecule has 26 nitrogen and oxygen atoms in total. The van der Waals surface area contributed by atoms with Gasteiger partial charge in [-0.3, -0.25) is 9.59 Å². The third-order valence-electron chi connectivity index (χ3n) is 12.6. The number of ether oxygens (including phenoxy) is 6. The van der Waals surface area contributed by atoms with Gasteiger partial charge in [0, 0.05) is 26.9 Å². The third-order valence-corrected chi connectivity index (χ3v) is 23.9. The van der Waals surface area contributed by atoms with Gasteiger partial charge in [0.2, 0.25) is 11.8 Å². The lowest BCUT2D eigenvalue weighted by molar-refractivity contribution is -0.347. The van der Waals surface area contributed by atoms with Crippen molar-refractivity contribution >= 4 is 37.0 Å². The van der Waals surface area contributed by atoms with Crippen molar-refractivity contribution in [1.29, 1.82) is 0 Å². The second kappa shape index (κ2) is 24.6. The Morgan fingerprint density at radius 2 is 0.809 bits per heavy atom. The maximum atomic E-state index is 13.0. The van der Waals surface area contributed by atoms with Gasteiger partial charge in [0.25, 0.3) is 0 Å². The van der Waals surface area contributed by atoms with E-state index in [4.69, 9.17) is 36.7 Å². The van der Waals surface area contributed by atoms with Crippen LogP contribution in [0.4, 0.5) is 0 Å². The minimum atomic E-state index is -2.94. The van der Waals surface area contributed by atoms with E-state index >= 15 is 0 Å². The molecule has 4 rings (SSSR count). The molecule has 4 saturated heterocycles. The van der Waals surface area contributed by atoms with Crippen molar-refractivity contribution in [3.8, 4) is 0 Å². The molecule has 0 aromatic rings. The van der Waals surface area contributed by atoms with Crippen molar-refractivity contribution in [2.75, 3.05) is 39.5 Å². The fraction of sp³-hybridized carbons (Fsp3) is 0.949. The van der Waals surface area contributed by atoms with E-state index in [1.165, 1.54) is 23.6 Å². The van der Waals surface area contributed by atoms with Gasteiger partial charge >= 0.3 is 8.56 Å². The molecule has 0 spiro atoms. The van der Waals surface area contributed by atoms with Gasteiger partial charge in [-0.05, 0) is 57.8 Å². The van der Waals surface area contributed by atoms with E-state index in [0.717, 1.165) is 0 Å². The zero-order chi connectivity index (χ0) is 51.4. The number of carbonyl (C=O) groups is 2. The summed E-state index contributed by atoms with van der Waals surface area (Å²) in [4.78, 5) is 28.4. The first-order valence-electron chi connectivity index (χ1n) is 22.7. The topological polar surface area (TPSA) is 398 Å². The Hall–Kier alpha value is -1.29. The molecule has 0 aliphatic carbocycles. The molecule has 398 valence electrons. The molecule has 4 aliphatic rings. The monoisotopic (exact) mass is 1040 g/mol. The summed E-state index contributed by atoms with van der Waals surface area (Å²) in [5.41, 5.74) is 0. The highest BCUT2D eigenvalue weighted by Crippen LogP contribution is 2.34. The van der Waals surface area contributed by atoms with Crippen LogP contribution in [0.1, 0.15) is 20.3 Å². The van der Waals surface area contributed by atoms with E-state index in [2.05, 4.69) is 0 Å². The van der Waals surface area contributed by atoms with Gasteiger partial charge in [0.1, 0.15) is 97.7 Å². The van der Waals surface area contributed by atoms with Gasteiger partial charge in [-0.15, -0.1) is 0 Å². The molecule has 4 fully saturated rings. The molecule has 2 amide bonds. The molecule has 9 unspecified atom stereocenters. The van der Waals surface area contributed by atoms with Crippen LogP contribution in [0.25, 0.3) is 0 Å². The molecule has 4 aliphatic heterocycles. The number of aliphatic hydroxyl groups excluding tert-OH is 14. The van der Waals surface area contributed by atoms with Gasteiger partial charge in [-0.2, -0.15) is 0 Å². The summed E-state index contributed by atoms with van der Waals surface area (Å²) in [7, 11) is -8.25. The van der Waals surface area contributed by atoms with E-state index in [-0.39, 0.29) is 13.1 Å². The van der Waals surface area contributed by atoms with Gasteiger partial charge < -0.3 is 118 Å². The Labute approximate surface area is 397 Å². The summed E-state index contributed by atoms with van der Waals surface area (Å²) in [5, 5.41) is 146. The molecular weight excluding hydrogens is 965 g/mol. The Morgan fingerprint density at radius 3 is 1.16 bits per heavy atom. The molecule has 0 bridgehead atoms. The number of hydrogen-bond donors (Lipinski definition) is 14. The van der Waals surface area contributed by atoms with Gasteiger partial charge in [0.05, 0.1) is 26.4 Å². The summed E-state index contributed by atoms with van der Waals surface area (Å²) in [5.74, 6) is -1.06. The summed E-state index contributed by atoms with van der Waals surface area (Å²) in [6, 6.07) is 0.790. The zero-order valence-corrected chi connectivity index (χ0v) is 42.6. The van der Waals surface area contributed by atoms with Crippen molar-refractivity contribution in [1.82, 2.24) is 9.80 Å². The number of hydrogen-bond acceptors (Lipinski definition) is 24. The maximum Gasteiger partial charge on any atom is 0.311 e. The van der Waals surface area contributed by atoms with Crippen LogP contribution < -0.4 is 0 Å². The average molecular weight is 1040 g/mol. The van der Waals surface area contributed by atoms with E-state index < -0.39 is 186 Å². The molecule has 29 heteroatoms. The quantitative estimate of drug-likeness (QED) is 0.0475.